The molecule has 0 fully saturated rings. The summed E-state index contributed by atoms with van der Waals surface area (Å²) in [5, 5.41) is 18.7. The number of aryl methyl sites for hydroxylation is 1. The van der Waals surface area contributed by atoms with Crippen LogP contribution in [0.2, 0.25) is 5.02 Å². The Labute approximate surface area is 189 Å². The van der Waals surface area contributed by atoms with Crippen LogP contribution in [0.15, 0.2) is 54.9 Å². The van der Waals surface area contributed by atoms with Crippen LogP contribution in [0.4, 0.5) is 23.1 Å². The van der Waals surface area contributed by atoms with Gasteiger partial charge in [0, 0.05) is 35.1 Å². The van der Waals surface area contributed by atoms with Gasteiger partial charge in [-0.15, -0.1) is 0 Å². The largest absolute Gasteiger partial charge is 0.395 e. The Morgan fingerprint density at radius 3 is 2.62 bits per heavy atom. The highest BCUT2D eigenvalue weighted by Crippen LogP contribution is 2.25. The Morgan fingerprint density at radius 1 is 1.12 bits per heavy atom. The number of hydrogen-bond acceptors (Lipinski definition) is 7. The molecule has 4 aromatic rings. The molecule has 2 heterocycles. The van der Waals surface area contributed by atoms with Gasteiger partial charge >= 0.3 is 0 Å². The molecule has 164 valence electrons. The number of hydrogen-bond donors (Lipinski definition) is 4. The highest BCUT2D eigenvalue weighted by atomic mass is 35.5. The Balaban J connectivity index is 1.54. The first-order chi connectivity index (χ1) is 15.6. The first-order valence-corrected chi connectivity index (χ1v) is 10.5. The number of halogens is 1. The topological polar surface area (TPSA) is 117 Å². The van der Waals surface area contributed by atoms with Crippen LogP contribution in [0.25, 0.3) is 11.2 Å². The van der Waals surface area contributed by atoms with Crippen molar-refractivity contribution in [2.75, 3.05) is 29.1 Å². The number of amides is 1. The van der Waals surface area contributed by atoms with Gasteiger partial charge in [0.1, 0.15) is 0 Å². The lowest BCUT2D eigenvalue weighted by Gasteiger charge is -2.11. The van der Waals surface area contributed by atoms with Gasteiger partial charge in [0.25, 0.3) is 5.91 Å². The van der Waals surface area contributed by atoms with E-state index in [1.165, 1.54) is 0 Å². The summed E-state index contributed by atoms with van der Waals surface area (Å²) < 4.78 is 1.92. The molecular weight excluding hydrogens is 430 g/mol. The van der Waals surface area contributed by atoms with Crippen LogP contribution < -0.4 is 16.0 Å². The molecule has 0 aliphatic heterocycles. The van der Waals surface area contributed by atoms with E-state index in [0.717, 1.165) is 5.69 Å². The number of rotatable bonds is 8. The third kappa shape index (κ3) is 4.79. The van der Waals surface area contributed by atoms with Crippen molar-refractivity contribution in [3.05, 3.63) is 65.4 Å². The Morgan fingerprint density at radius 2 is 1.91 bits per heavy atom. The van der Waals surface area contributed by atoms with Crippen molar-refractivity contribution in [1.82, 2.24) is 19.5 Å². The molecule has 0 aliphatic carbocycles. The molecule has 0 saturated carbocycles. The maximum absolute atomic E-state index is 12.4. The summed E-state index contributed by atoms with van der Waals surface area (Å²) >= 11 is 5.96. The third-order valence-corrected chi connectivity index (χ3v) is 4.93. The monoisotopic (exact) mass is 451 g/mol. The first-order valence-electron chi connectivity index (χ1n) is 10.1. The molecule has 0 bridgehead atoms. The van der Waals surface area contributed by atoms with E-state index < -0.39 is 0 Å². The fraction of sp³-hybridized carbons (Fsp3) is 0.182. The molecule has 32 heavy (non-hydrogen) atoms. The van der Waals surface area contributed by atoms with Crippen LogP contribution in [0, 0.1) is 0 Å². The minimum Gasteiger partial charge on any atom is -0.395 e. The van der Waals surface area contributed by atoms with Gasteiger partial charge in [-0.2, -0.15) is 9.97 Å². The maximum Gasteiger partial charge on any atom is 0.255 e. The summed E-state index contributed by atoms with van der Waals surface area (Å²) in [5.41, 5.74) is 3.23. The van der Waals surface area contributed by atoms with E-state index >= 15 is 0 Å². The SMILES string of the molecule is CCn1cnc2c(Nc3ccc(NC(=O)c4cccc(Cl)c4)cc3)nc(NCCO)nc21. The Kier molecular flexibility index (Phi) is 6.48. The lowest BCUT2D eigenvalue weighted by atomic mass is 10.2. The summed E-state index contributed by atoms with van der Waals surface area (Å²) in [4.78, 5) is 25.8. The molecule has 0 radical (unpaired) electrons. The summed E-state index contributed by atoms with van der Waals surface area (Å²) in [6, 6.07) is 14.0. The van der Waals surface area contributed by atoms with E-state index in [4.69, 9.17) is 16.7 Å². The Bertz CT molecular complexity index is 1240. The number of aliphatic hydroxyl groups is 1. The van der Waals surface area contributed by atoms with Gasteiger partial charge in [-0.25, -0.2) is 4.98 Å². The number of aliphatic hydroxyl groups excluding tert-OH is 1. The number of nitrogens with zero attached hydrogens (tertiary/aromatic N) is 4. The lowest BCUT2D eigenvalue weighted by Crippen LogP contribution is -2.12. The second-order valence-electron chi connectivity index (χ2n) is 6.92. The van der Waals surface area contributed by atoms with E-state index in [1.807, 2.05) is 23.6 Å². The number of aromatic nitrogens is 4. The average Bonchev–Trinajstić information content (AvgIpc) is 3.22. The van der Waals surface area contributed by atoms with Crippen molar-refractivity contribution in [2.45, 2.75) is 13.5 Å². The predicted molar refractivity (Wildman–Crippen MR) is 126 cm³/mol. The van der Waals surface area contributed by atoms with Crippen molar-refractivity contribution >= 4 is 51.8 Å². The van der Waals surface area contributed by atoms with E-state index in [9.17, 15) is 4.79 Å². The molecule has 0 saturated heterocycles. The van der Waals surface area contributed by atoms with Gasteiger partial charge in [-0.1, -0.05) is 17.7 Å². The van der Waals surface area contributed by atoms with Crippen molar-refractivity contribution in [3.63, 3.8) is 0 Å². The number of fused-ring (bicyclic) bond motifs is 1. The van der Waals surface area contributed by atoms with E-state index in [1.54, 1.807) is 42.7 Å². The summed E-state index contributed by atoms with van der Waals surface area (Å²) in [5.74, 6) is 0.698. The van der Waals surface area contributed by atoms with Gasteiger partial charge < -0.3 is 25.6 Å². The molecule has 0 spiro atoms. The normalized spacial score (nSPS) is 10.8. The number of imidazole rings is 1. The van der Waals surface area contributed by atoms with Crippen LogP contribution in [0.5, 0.6) is 0 Å². The molecule has 4 N–H and O–H groups in total. The van der Waals surface area contributed by atoms with Crippen molar-refractivity contribution in [1.29, 1.82) is 0 Å². The summed E-state index contributed by atoms with van der Waals surface area (Å²) in [7, 11) is 0. The van der Waals surface area contributed by atoms with E-state index in [0.29, 0.717) is 52.3 Å². The molecule has 0 atom stereocenters. The van der Waals surface area contributed by atoms with Crippen molar-refractivity contribution in [3.8, 4) is 0 Å². The molecule has 0 unspecified atom stereocenters. The second kappa shape index (κ2) is 9.63. The molecule has 2 aromatic heterocycles. The number of nitrogens with one attached hydrogen (secondary N) is 3. The zero-order valence-corrected chi connectivity index (χ0v) is 18.1. The molecule has 2 aromatic carbocycles. The van der Waals surface area contributed by atoms with Gasteiger partial charge in [-0.3, -0.25) is 4.79 Å². The zero-order valence-electron chi connectivity index (χ0n) is 17.3. The average molecular weight is 452 g/mol. The van der Waals surface area contributed by atoms with Crippen molar-refractivity contribution in [2.24, 2.45) is 0 Å². The van der Waals surface area contributed by atoms with Crippen LogP contribution in [-0.2, 0) is 6.54 Å². The van der Waals surface area contributed by atoms with Crippen molar-refractivity contribution < 1.29 is 9.90 Å². The smallest absolute Gasteiger partial charge is 0.255 e. The fourth-order valence-corrected chi connectivity index (χ4v) is 3.31. The highest BCUT2D eigenvalue weighted by Gasteiger charge is 2.13. The summed E-state index contributed by atoms with van der Waals surface area (Å²) in [6.07, 6.45) is 1.72. The fourth-order valence-electron chi connectivity index (χ4n) is 3.12. The first kappa shape index (κ1) is 21.5. The highest BCUT2D eigenvalue weighted by molar-refractivity contribution is 6.31. The van der Waals surface area contributed by atoms with E-state index in [2.05, 4.69) is 30.9 Å². The van der Waals surface area contributed by atoms with E-state index in [-0.39, 0.29) is 12.5 Å². The lowest BCUT2D eigenvalue weighted by molar-refractivity contribution is 0.102. The molecular formula is C22H22ClN7O2. The van der Waals surface area contributed by atoms with Gasteiger partial charge in [0.05, 0.1) is 12.9 Å². The van der Waals surface area contributed by atoms with Gasteiger partial charge in [0.15, 0.2) is 17.0 Å². The molecule has 0 aliphatic rings. The number of benzene rings is 2. The third-order valence-electron chi connectivity index (χ3n) is 4.69. The summed E-state index contributed by atoms with van der Waals surface area (Å²) in [6.45, 7) is 3.03. The molecule has 1 amide bonds. The van der Waals surface area contributed by atoms with Crippen LogP contribution in [-0.4, -0.2) is 43.7 Å². The maximum atomic E-state index is 12.4. The molecule has 9 nitrogen and oxygen atoms in total. The van der Waals surface area contributed by atoms with Gasteiger partial charge in [-0.05, 0) is 49.4 Å². The number of carbonyl (C=O) groups excluding carboxylic acids is 1. The molecule has 10 heteroatoms. The standard InChI is InChI=1S/C22H22ClN7O2/c1-2-30-13-25-18-19(28-22(24-10-11-31)29-20(18)30)26-16-6-8-17(9-7-16)27-21(32)14-4-3-5-15(23)12-14/h3-9,12-13,31H,2,10-11H2,1H3,(H,27,32)(H2,24,26,28,29). The van der Waals surface area contributed by atoms with Crippen LogP contribution in [0.3, 0.4) is 0 Å². The minimum atomic E-state index is -0.240. The number of carbonyl (C=O) groups is 1. The quantitative estimate of drug-likeness (QED) is 0.321. The zero-order chi connectivity index (χ0) is 22.5. The molecule has 4 rings (SSSR count). The Hall–Kier alpha value is -3.69. The van der Waals surface area contributed by atoms with Gasteiger partial charge in [0.2, 0.25) is 5.95 Å². The second-order valence-corrected chi connectivity index (χ2v) is 7.35. The van der Waals surface area contributed by atoms with Crippen LogP contribution in [0.1, 0.15) is 17.3 Å². The minimum absolute atomic E-state index is 0.0282. The predicted octanol–water partition coefficient (Wildman–Crippen LogP) is 3.90. The number of anilines is 4. The van der Waals surface area contributed by atoms with Crippen LogP contribution >= 0.6 is 11.6 Å².